The lowest BCUT2D eigenvalue weighted by Crippen LogP contribution is -2.44. The van der Waals surface area contributed by atoms with Crippen molar-refractivity contribution in [1.82, 2.24) is 4.90 Å². The van der Waals surface area contributed by atoms with E-state index in [1.165, 1.54) is 49.7 Å². The molecule has 2 aliphatic carbocycles. The lowest BCUT2D eigenvalue weighted by atomic mass is 9.73. The van der Waals surface area contributed by atoms with Crippen LogP contribution in [-0.2, 0) is 9.59 Å². The fourth-order valence-corrected chi connectivity index (χ4v) is 8.13. The van der Waals surface area contributed by atoms with Gasteiger partial charge in [-0.3, -0.25) is 9.59 Å². The molecular weight excluding hydrogens is 596 g/mol. The number of benzene rings is 3. The summed E-state index contributed by atoms with van der Waals surface area (Å²) in [5, 5.41) is 0. The van der Waals surface area contributed by atoms with E-state index in [4.69, 9.17) is 9.47 Å². The van der Waals surface area contributed by atoms with Crippen molar-refractivity contribution < 1.29 is 19.1 Å². The van der Waals surface area contributed by atoms with Crippen molar-refractivity contribution in [2.75, 3.05) is 38.1 Å². The second-order valence-electron chi connectivity index (χ2n) is 14.7. The highest BCUT2D eigenvalue weighted by Crippen LogP contribution is 2.40. The zero-order valence-corrected chi connectivity index (χ0v) is 29.2. The largest absolute Gasteiger partial charge is 0.426 e. The molecule has 0 bridgehead atoms. The van der Waals surface area contributed by atoms with Crippen LogP contribution in [0.5, 0.6) is 11.5 Å². The molecule has 6 rings (SSSR count). The number of ether oxygens (including phenoxy) is 2. The number of likely N-dealkylation sites (N-methyl/N-ethyl adjacent to an activating group) is 1. The van der Waals surface area contributed by atoms with Gasteiger partial charge in [0.1, 0.15) is 11.5 Å². The Labute approximate surface area is 287 Å². The number of carbonyl (C=O) groups excluding carboxylic acids is 2. The van der Waals surface area contributed by atoms with E-state index in [9.17, 15) is 9.59 Å². The summed E-state index contributed by atoms with van der Waals surface area (Å²) in [5.74, 6) is 2.76. The molecule has 3 aromatic rings. The van der Waals surface area contributed by atoms with Crippen LogP contribution in [0.15, 0.2) is 72.8 Å². The number of esters is 2. The second kappa shape index (κ2) is 16.2. The van der Waals surface area contributed by atoms with Crippen molar-refractivity contribution in [1.29, 1.82) is 0 Å². The van der Waals surface area contributed by atoms with Gasteiger partial charge in [0, 0.05) is 31.9 Å². The van der Waals surface area contributed by atoms with Crippen molar-refractivity contribution in [3.63, 3.8) is 0 Å². The molecule has 1 heterocycles. The first-order valence-corrected chi connectivity index (χ1v) is 18.5. The second-order valence-corrected chi connectivity index (χ2v) is 14.7. The summed E-state index contributed by atoms with van der Waals surface area (Å²) >= 11 is 0. The Kier molecular flexibility index (Phi) is 11.5. The average Bonchev–Trinajstić information content (AvgIpc) is 3.13. The molecule has 1 atom stereocenters. The minimum atomic E-state index is -0.211. The molecule has 6 nitrogen and oxygen atoms in total. The molecule has 2 saturated carbocycles. The number of anilines is 1. The third-order valence-corrected chi connectivity index (χ3v) is 11.4. The first-order valence-electron chi connectivity index (χ1n) is 18.5. The van der Waals surface area contributed by atoms with Crippen molar-refractivity contribution >= 4 is 17.6 Å². The smallest absolute Gasteiger partial charge is 0.314 e. The summed E-state index contributed by atoms with van der Waals surface area (Å²) in [5.41, 5.74) is 4.92. The van der Waals surface area contributed by atoms with E-state index in [0.29, 0.717) is 43.1 Å². The number of nitrogens with zero attached hydrogens (tertiary/aromatic N) is 2. The topological polar surface area (TPSA) is 59.1 Å². The Balaban J connectivity index is 0.930. The molecule has 0 amide bonds. The average molecular weight is 651 g/mol. The number of hydrogen-bond acceptors (Lipinski definition) is 6. The number of carbonyl (C=O) groups is 2. The molecular formula is C42H54N2O4. The van der Waals surface area contributed by atoms with Gasteiger partial charge in [0.05, 0.1) is 11.8 Å². The summed E-state index contributed by atoms with van der Waals surface area (Å²) in [6, 6.07) is 24.7. The molecule has 3 aliphatic rings. The van der Waals surface area contributed by atoms with E-state index in [-0.39, 0.29) is 23.8 Å². The van der Waals surface area contributed by atoms with Gasteiger partial charge in [-0.2, -0.15) is 0 Å². The van der Waals surface area contributed by atoms with E-state index >= 15 is 0 Å². The predicted molar refractivity (Wildman–Crippen MR) is 194 cm³/mol. The van der Waals surface area contributed by atoms with Gasteiger partial charge in [-0.05, 0) is 129 Å². The Hall–Kier alpha value is -3.64. The fourth-order valence-electron chi connectivity index (χ4n) is 8.13. The van der Waals surface area contributed by atoms with Gasteiger partial charge in [0.15, 0.2) is 0 Å². The number of hydrogen-bond donors (Lipinski definition) is 0. The highest BCUT2D eigenvalue weighted by molar-refractivity contribution is 5.78. The highest BCUT2D eigenvalue weighted by Gasteiger charge is 2.32. The maximum absolute atomic E-state index is 13.0. The third kappa shape index (κ3) is 8.68. The van der Waals surface area contributed by atoms with Crippen LogP contribution in [0.25, 0.3) is 11.1 Å². The lowest BCUT2D eigenvalue weighted by molar-refractivity contribution is -0.145. The molecule has 1 saturated heterocycles. The minimum Gasteiger partial charge on any atom is -0.426 e. The molecule has 48 heavy (non-hydrogen) atoms. The van der Waals surface area contributed by atoms with Crippen molar-refractivity contribution in [2.24, 2.45) is 23.7 Å². The van der Waals surface area contributed by atoms with Gasteiger partial charge in [-0.15, -0.1) is 0 Å². The Morgan fingerprint density at radius 3 is 1.65 bits per heavy atom. The van der Waals surface area contributed by atoms with Crippen LogP contribution < -0.4 is 14.4 Å². The zero-order valence-electron chi connectivity index (χ0n) is 29.2. The molecule has 3 fully saturated rings. The number of piperazine rings is 1. The number of rotatable bonds is 10. The van der Waals surface area contributed by atoms with E-state index in [2.05, 4.69) is 55.0 Å². The van der Waals surface area contributed by atoms with Gasteiger partial charge in [0.25, 0.3) is 0 Å². The van der Waals surface area contributed by atoms with Crippen LogP contribution in [0.3, 0.4) is 0 Å². The minimum absolute atomic E-state index is 0.193. The first-order chi connectivity index (χ1) is 23.4. The van der Waals surface area contributed by atoms with Crippen molar-refractivity contribution in [3.05, 3.63) is 78.4 Å². The summed E-state index contributed by atoms with van der Waals surface area (Å²) in [6.45, 7) is 8.84. The maximum Gasteiger partial charge on any atom is 0.314 e. The van der Waals surface area contributed by atoms with Gasteiger partial charge >= 0.3 is 11.9 Å². The Morgan fingerprint density at radius 1 is 0.667 bits per heavy atom. The molecule has 0 aromatic heterocycles. The Bertz CT molecular complexity index is 1460. The molecule has 0 N–H and O–H groups in total. The monoisotopic (exact) mass is 650 g/mol. The van der Waals surface area contributed by atoms with E-state index in [1.807, 2.05) is 48.5 Å². The predicted octanol–water partition coefficient (Wildman–Crippen LogP) is 9.13. The van der Waals surface area contributed by atoms with Crippen molar-refractivity contribution in [2.45, 2.75) is 84.0 Å². The summed E-state index contributed by atoms with van der Waals surface area (Å²) in [4.78, 5) is 30.6. The molecule has 6 heteroatoms. The van der Waals surface area contributed by atoms with Gasteiger partial charge in [0.2, 0.25) is 0 Å². The fraction of sp³-hybridized carbons (Fsp3) is 0.524. The van der Waals surface area contributed by atoms with E-state index in [0.717, 1.165) is 49.3 Å². The van der Waals surface area contributed by atoms with Crippen LogP contribution in [0, 0.1) is 23.7 Å². The standard InChI is InChI=1S/C42H54N2O4/c1-4-5-30(2)31-6-8-32(9-7-31)33-10-12-34(13-11-33)35-18-22-39(23-19-35)47-41(45)36-14-16-37(17-15-36)42(46)48-40-24-20-38(21-25-40)44-28-26-43(3)27-29-44/h10-13,18-25,30-32,36-37H,4-9,14-17,26-29H2,1-3H3. The maximum atomic E-state index is 13.0. The summed E-state index contributed by atoms with van der Waals surface area (Å²) < 4.78 is 11.5. The first kappa shape index (κ1) is 34.2. The molecule has 256 valence electrons. The van der Waals surface area contributed by atoms with Crippen LogP contribution in [-0.4, -0.2) is 50.1 Å². The molecule has 0 spiro atoms. The van der Waals surface area contributed by atoms with Crippen molar-refractivity contribution in [3.8, 4) is 22.6 Å². The highest BCUT2D eigenvalue weighted by atomic mass is 16.5. The lowest BCUT2D eigenvalue weighted by Gasteiger charge is -2.34. The molecule has 0 radical (unpaired) electrons. The molecule has 1 aliphatic heterocycles. The van der Waals surface area contributed by atoms with Gasteiger partial charge in [-0.1, -0.05) is 63.1 Å². The van der Waals surface area contributed by atoms with Crippen LogP contribution in [0.4, 0.5) is 5.69 Å². The Morgan fingerprint density at radius 2 is 1.15 bits per heavy atom. The van der Waals surface area contributed by atoms with Gasteiger partial charge in [-0.25, -0.2) is 0 Å². The van der Waals surface area contributed by atoms with Crippen LogP contribution in [0.2, 0.25) is 0 Å². The molecule has 3 aromatic carbocycles. The zero-order chi connectivity index (χ0) is 33.5. The van der Waals surface area contributed by atoms with E-state index < -0.39 is 0 Å². The SMILES string of the molecule is CCCC(C)C1CCC(c2ccc(-c3ccc(OC(=O)C4CCC(C(=O)Oc5ccc(N6CCN(C)CC6)cc5)CC4)cc3)cc2)CC1. The van der Waals surface area contributed by atoms with Gasteiger partial charge < -0.3 is 19.3 Å². The normalized spacial score (nSPS) is 24.1. The quantitative estimate of drug-likeness (QED) is 0.161. The van der Waals surface area contributed by atoms with Crippen LogP contribution >= 0.6 is 0 Å². The van der Waals surface area contributed by atoms with E-state index in [1.54, 1.807) is 0 Å². The van der Waals surface area contributed by atoms with Crippen LogP contribution in [0.1, 0.15) is 89.5 Å². The summed E-state index contributed by atoms with van der Waals surface area (Å²) in [6.07, 6.45) is 10.5. The summed E-state index contributed by atoms with van der Waals surface area (Å²) in [7, 11) is 2.15. The molecule has 1 unspecified atom stereocenters. The third-order valence-electron chi connectivity index (χ3n) is 11.4.